The number of rotatable bonds is 3. The molecule has 66 valence electrons. The van der Waals surface area contributed by atoms with E-state index in [0.29, 0.717) is 15.9 Å². The van der Waals surface area contributed by atoms with Gasteiger partial charge in [-0.05, 0) is 41.1 Å². The number of ether oxygens (including phenoxy) is 1. The molecule has 12 heavy (non-hydrogen) atoms. The van der Waals surface area contributed by atoms with Gasteiger partial charge in [0.1, 0.15) is 11.6 Å². The Bertz CT molecular complexity index is 263. The predicted octanol–water partition coefficient (Wildman–Crippen LogP) is 3.22. The van der Waals surface area contributed by atoms with Crippen LogP contribution in [0.3, 0.4) is 0 Å². The van der Waals surface area contributed by atoms with E-state index in [2.05, 4.69) is 0 Å². The van der Waals surface area contributed by atoms with Gasteiger partial charge < -0.3 is 4.74 Å². The lowest BCUT2D eigenvalue weighted by atomic mass is 10.3. The molecule has 0 radical (unpaired) electrons. The van der Waals surface area contributed by atoms with E-state index < -0.39 is 0 Å². The van der Waals surface area contributed by atoms with E-state index in [0.717, 1.165) is 6.42 Å². The summed E-state index contributed by atoms with van der Waals surface area (Å²) in [5.74, 6) is 0.388. The summed E-state index contributed by atoms with van der Waals surface area (Å²) in [5.41, 5.74) is 0. The normalized spacial score (nSPS) is 9.92. The molecule has 0 N–H and O–H groups in total. The molecule has 0 saturated heterocycles. The molecule has 0 amide bonds. The van der Waals surface area contributed by atoms with E-state index in [-0.39, 0.29) is 5.82 Å². The van der Waals surface area contributed by atoms with Gasteiger partial charge >= 0.3 is 0 Å². The average molecular weight is 280 g/mol. The molecular formula is C9H10FIO. The van der Waals surface area contributed by atoms with Crippen LogP contribution in [0.1, 0.15) is 13.3 Å². The quantitative estimate of drug-likeness (QED) is 0.772. The molecule has 1 aromatic carbocycles. The highest BCUT2D eigenvalue weighted by atomic mass is 127. The summed E-state index contributed by atoms with van der Waals surface area (Å²) in [6, 6.07) is 4.90. The first kappa shape index (κ1) is 9.77. The zero-order chi connectivity index (χ0) is 8.97. The fourth-order valence-corrected chi connectivity index (χ4v) is 1.12. The van der Waals surface area contributed by atoms with Crippen molar-refractivity contribution in [3.63, 3.8) is 0 Å². The van der Waals surface area contributed by atoms with Crippen molar-refractivity contribution in [3.8, 4) is 5.75 Å². The summed E-state index contributed by atoms with van der Waals surface area (Å²) in [5, 5.41) is 0. The first-order valence-corrected chi connectivity index (χ1v) is 4.89. The highest BCUT2D eigenvalue weighted by Gasteiger charge is 1.99. The van der Waals surface area contributed by atoms with Crippen molar-refractivity contribution in [3.05, 3.63) is 27.6 Å². The first-order valence-electron chi connectivity index (χ1n) is 3.82. The zero-order valence-corrected chi connectivity index (χ0v) is 8.97. The Kier molecular flexibility index (Phi) is 3.78. The standard InChI is InChI=1S/C9H10FIO/c1-2-5-12-7-3-4-9(11)8(10)6-7/h3-4,6H,2,5H2,1H3. The third-order valence-corrected chi connectivity index (χ3v) is 2.24. The summed E-state index contributed by atoms with van der Waals surface area (Å²) < 4.78 is 18.8. The van der Waals surface area contributed by atoms with E-state index in [1.807, 2.05) is 29.5 Å². The van der Waals surface area contributed by atoms with Crippen LogP contribution < -0.4 is 4.74 Å². The molecule has 0 unspecified atom stereocenters. The molecule has 0 heterocycles. The molecule has 1 aromatic rings. The molecule has 1 rings (SSSR count). The van der Waals surface area contributed by atoms with Gasteiger partial charge in [0.05, 0.1) is 6.61 Å². The van der Waals surface area contributed by atoms with Crippen molar-refractivity contribution in [2.45, 2.75) is 13.3 Å². The van der Waals surface area contributed by atoms with Gasteiger partial charge in [-0.3, -0.25) is 0 Å². The molecule has 0 aliphatic rings. The zero-order valence-electron chi connectivity index (χ0n) is 6.81. The Balaban J connectivity index is 2.69. The maximum Gasteiger partial charge on any atom is 0.140 e. The minimum absolute atomic E-state index is 0.218. The third-order valence-electron chi connectivity index (χ3n) is 1.36. The number of hydrogen-bond donors (Lipinski definition) is 0. The Hall–Kier alpha value is -0.320. The minimum Gasteiger partial charge on any atom is -0.494 e. The van der Waals surface area contributed by atoms with Crippen molar-refractivity contribution in [2.75, 3.05) is 6.61 Å². The van der Waals surface area contributed by atoms with Crippen LogP contribution in [0.2, 0.25) is 0 Å². The van der Waals surface area contributed by atoms with Crippen molar-refractivity contribution in [2.24, 2.45) is 0 Å². The Labute approximate surface area is 85.1 Å². The van der Waals surface area contributed by atoms with Crippen LogP contribution >= 0.6 is 22.6 Å². The van der Waals surface area contributed by atoms with Crippen LogP contribution in [0.25, 0.3) is 0 Å². The monoisotopic (exact) mass is 280 g/mol. The van der Waals surface area contributed by atoms with Gasteiger partial charge in [-0.15, -0.1) is 0 Å². The smallest absolute Gasteiger partial charge is 0.140 e. The molecule has 0 atom stereocenters. The molecule has 0 aliphatic carbocycles. The molecular weight excluding hydrogens is 270 g/mol. The topological polar surface area (TPSA) is 9.23 Å². The Morgan fingerprint density at radius 3 is 2.83 bits per heavy atom. The summed E-state index contributed by atoms with van der Waals surface area (Å²) >= 11 is 1.95. The van der Waals surface area contributed by atoms with Crippen molar-refractivity contribution in [1.82, 2.24) is 0 Å². The van der Waals surface area contributed by atoms with Gasteiger partial charge in [-0.2, -0.15) is 0 Å². The van der Waals surface area contributed by atoms with E-state index >= 15 is 0 Å². The number of hydrogen-bond acceptors (Lipinski definition) is 1. The van der Waals surface area contributed by atoms with Crippen molar-refractivity contribution >= 4 is 22.6 Å². The Morgan fingerprint density at radius 1 is 1.50 bits per heavy atom. The van der Waals surface area contributed by atoms with E-state index in [9.17, 15) is 4.39 Å². The molecule has 0 aromatic heterocycles. The van der Waals surface area contributed by atoms with Gasteiger partial charge in [0.2, 0.25) is 0 Å². The van der Waals surface area contributed by atoms with Gasteiger partial charge in [0, 0.05) is 9.64 Å². The van der Waals surface area contributed by atoms with Crippen LogP contribution in [0.4, 0.5) is 4.39 Å². The van der Waals surface area contributed by atoms with Gasteiger partial charge in [0.15, 0.2) is 0 Å². The van der Waals surface area contributed by atoms with Crippen LogP contribution in [0.5, 0.6) is 5.75 Å². The van der Waals surface area contributed by atoms with Gasteiger partial charge in [-0.1, -0.05) is 6.92 Å². The summed E-state index contributed by atoms with van der Waals surface area (Å²) in [6.07, 6.45) is 0.938. The number of halogens is 2. The average Bonchev–Trinajstić information content (AvgIpc) is 2.07. The minimum atomic E-state index is -0.218. The Morgan fingerprint density at radius 2 is 2.25 bits per heavy atom. The second kappa shape index (κ2) is 4.64. The first-order chi connectivity index (χ1) is 5.74. The number of benzene rings is 1. The molecule has 0 spiro atoms. The van der Waals surface area contributed by atoms with Crippen LogP contribution in [0.15, 0.2) is 18.2 Å². The van der Waals surface area contributed by atoms with Crippen LogP contribution in [-0.4, -0.2) is 6.61 Å². The third kappa shape index (κ3) is 2.62. The summed E-state index contributed by atoms with van der Waals surface area (Å²) in [4.78, 5) is 0. The fraction of sp³-hybridized carbons (Fsp3) is 0.333. The largest absolute Gasteiger partial charge is 0.494 e. The van der Waals surface area contributed by atoms with Crippen molar-refractivity contribution in [1.29, 1.82) is 0 Å². The molecule has 3 heteroatoms. The lowest BCUT2D eigenvalue weighted by molar-refractivity contribution is 0.315. The van der Waals surface area contributed by atoms with Crippen LogP contribution in [-0.2, 0) is 0 Å². The molecule has 0 aliphatic heterocycles. The van der Waals surface area contributed by atoms with Gasteiger partial charge in [0.25, 0.3) is 0 Å². The SMILES string of the molecule is CCCOc1ccc(I)c(F)c1. The highest BCUT2D eigenvalue weighted by Crippen LogP contribution is 2.17. The molecule has 0 bridgehead atoms. The van der Waals surface area contributed by atoms with E-state index in [4.69, 9.17) is 4.74 Å². The highest BCUT2D eigenvalue weighted by molar-refractivity contribution is 14.1. The lowest BCUT2D eigenvalue weighted by Crippen LogP contribution is -1.95. The second-order valence-corrected chi connectivity index (χ2v) is 3.59. The predicted molar refractivity (Wildman–Crippen MR) is 54.9 cm³/mol. The maximum absolute atomic E-state index is 12.9. The van der Waals surface area contributed by atoms with E-state index in [1.165, 1.54) is 6.07 Å². The van der Waals surface area contributed by atoms with Crippen molar-refractivity contribution < 1.29 is 9.13 Å². The van der Waals surface area contributed by atoms with Crippen LogP contribution in [0, 0.1) is 9.39 Å². The fourth-order valence-electron chi connectivity index (χ4n) is 0.787. The molecule has 0 saturated carbocycles. The summed E-state index contributed by atoms with van der Waals surface area (Å²) in [7, 11) is 0. The molecule has 1 nitrogen and oxygen atoms in total. The summed E-state index contributed by atoms with van der Waals surface area (Å²) in [6.45, 7) is 2.66. The van der Waals surface area contributed by atoms with E-state index in [1.54, 1.807) is 12.1 Å². The van der Waals surface area contributed by atoms with Gasteiger partial charge in [-0.25, -0.2) is 4.39 Å². The molecule has 0 fully saturated rings. The maximum atomic E-state index is 12.9. The lowest BCUT2D eigenvalue weighted by Gasteiger charge is -2.04. The second-order valence-electron chi connectivity index (χ2n) is 2.42.